The van der Waals surface area contributed by atoms with Gasteiger partial charge in [0.05, 0.1) is 16.3 Å². The minimum absolute atomic E-state index is 0.0495. The molecule has 0 bridgehead atoms. The van der Waals surface area contributed by atoms with E-state index in [1.807, 2.05) is 0 Å². The molecule has 0 spiro atoms. The average molecular weight is 344 g/mol. The van der Waals surface area contributed by atoms with E-state index in [4.69, 9.17) is 5.73 Å². The Hall–Kier alpha value is -1.40. The Morgan fingerprint density at radius 2 is 1.84 bits per heavy atom. The van der Waals surface area contributed by atoms with E-state index in [0.717, 1.165) is 12.1 Å². The Kier molecular flexibility index (Phi) is 3.91. The minimum Gasteiger partial charge on any atom is -0.398 e. The normalized spacial score (nSPS) is 11.5. The van der Waals surface area contributed by atoms with Gasteiger partial charge in [-0.15, -0.1) is 0 Å². The summed E-state index contributed by atoms with van der Waals surface area (Å²) in [7, 11) is -3.68. The van der Waals surface area contributed by atoms with Crippen molar-refractivity contribution in [1.29, 1.82) is 0 Å². The molecule has 0 aliphatic rings. The van der Waals surface area contributed by atoms with Gasteiger partial charge >= 0.3 is 0 Å². The second kappa shape index (κ2) is 5.30. The van der Waals surface area contributed by atoms with Crippen molar-refractivity contribution in [3.63, 3.8) is 0 Å². The highest BCUT2D eigenvalue weighted by atomic mass is 79.9. The van der Waals surface area contributed by atoms with Crippen LogP contribution in [0.5, 0.6) is 0 Å². The summed E-state index contributed by atoms with van der Waals surface area (Å²) in [6.07, 6.45) is 0. The van der Waals surface area contributed by atoms with Crippen LogP contribution in [0, 0.1) is 5.82 Å². The van der Waals surface area contributed by atoms with E-state index in [1.165, 1.54) is 6.07 Å². The maximum Gasteiger partial charge on any atom is 0.184 e. The minimum atomic E-state index is -3.68. The Bertz CT molecular complexity index is 716. The van der Waals surface area contributed by atoms with Crippen LogP contribution in [0.3, 0.4) is 0 Å². The lowest BCUT2D eigenvalue weighted by Gasteiger charge is -2.09. The fraction of sp³-hybridized carbons (Fsp3) is 0.0769. The van der Waals surface area contributed by atoms with Crippen LogP contribution in [0.25, 0.3) is 0 Å². The molecule has 0 unspecified atom stereocenters. The molecular weight excluding hydrogens is 333 g/mol. The van der Waals surface area contributed by atoms with Crippen LogP contribution < -0.4 is 5.73 Å². The van der Waals surface area contributed by atoms with Crippen LogP contribution in [-0.4, -0.2) is 8.42 Å². The van der Waals surface area contributed by atoms with Gasteiger partial charge in [0, 0.05) is 4.47 Å². The highest BCUT2D eigenvalue weighted by molar-refractivity contribution is 9.10. The Morgan fingerprint density at radius 1 is 1.16 bits per heavy atom. The first-order chi connectivity index (χ1) is 8.90. The average Bonchev–Trinajstić information content (AvgIpc) is 2.35. The lowest BCUT2D eigenvalue weighted by Crippen LogP contribution is -2.08. The first-order valence-corrected chi connectivity index (χ1v) is 7.86. The molecule has 0 saturated heterocycles. The molecule has 2 aromatic carbocycles. The van der Waals surface area contributed by atoms with E-state index in [-0.39, 0.29) is 16.3 Å². The highest BCUT2D eigenvalue weighted by Gasteiger charge is 2.20. The summed E-state index contributed by atoms with van der Waals surface area (Å²) in [5.74, 6) is -0.859. The van der Waals surface area contributed by atoms with Gasteiger partial charge in [0.1, 0.15) is 5.82 Å². The maximum absolute atomic E-state index is 13.2. The smallest absolute Gasteiger partial charge is 0.184 e. The summed E-state index contributed by atoms with van der Waals surface area (Å²) < 4.78 is 38.4. The second-order valence-electron chi connectivity index (χ2n) is 4.03. The van der Waals surface area contributed by atoms with Gasteiger partial charge in [0.2, 0.25) is 0 Å². The number of rotatable bonds is 3. The molecule has 2 rings (SSSR count). The quantitative estimate of drug-likeness (QED) is 0.871. The SMILES string of the molecule is Nc1ccc(F)cc1S(=O)(=O)Cc1ccccc1Br. The number of nitrogens with two attached hydrogens (primary N) is 1. The Labute approximate surface area is 119 Å². The van der Waals surface area contributed by atoms with Crippen LogP contribution in [0.1, 0.15) is 5.56 Å². The molecule has 0 saturated carbocycles. The molecule has 0 aromatic heterocycles. The Balaban J connectivity index is 2.44. The third-order valence-electron chi connectivity index (χ3n) is 2.61. The number of sulfone groups is 1. The highest BCUT2D eigenvalue weighted by Crippen LogP contribution is 2.26. The summed E-state index contributed by atoms with van der Waals surface area (Å²) in [6.45, 7) is 0. The predicted octanol–water partition coefficient (Wildman–Crippen LogP) is 3.14. The van der Waals surface area contributed by atoms with Gasteiger partial charge in [-0.3, -0.25) is 0 Å². The molecule has 0 aliphatic carbocycles. The van der Waals surface area contributed by atoms with Crippen molar-refractivity contribution in [2.75, 3.05) is 5.73 Å². The fourth-order valence-electron chi connectivity index (χ4n) is 1.68. The van der Waals surface area contributed by atoms with Gasteiger partial charge in [-0.1, -0.05) is 34.1 Å². The van der Waals surface area contributed by atoms with Gasteiger partial charge in [-0.2, -0.15) is 0 Å². The van der Waals surface area contributed by atoms with E-state index in [0.29, 0.717) is 10.0 Å². The molecule has 0 amide bonds. The van der Waals surface area contributed by atoms with E-state index in [9.17, 15) is 12.8 Å². The summed E-state index contributed by atoms with van der Waals surface area (Å²) >= 11 is 3.28. The number of hydrogen-bond acceptors (Lipinski definition) is 3. The van der Waals surface area contributed by atoms with Crippen molar-refractivity contribution in [3.05, 3.63) is 58.3 Å². The topological polar surface area (TPSA) is 60.2 Å². The van der Waals surface area contributed by atoms with E-state index in [1.54, 1.807) is 24.3 Å². The van der Waals surface area contributed by atoms with Crippen molar-refractivity contribution < 1.29 is 12.8 Å². The summed E-state index contributed by atoms with van der Waals surface area (Å²) in [5.41, 5.74) is 6.26. The fourth-order valence-corrected chi connectivity index (χ4v) is 3.82. The molecule has 100 valence electrons. The van der Waals surface area contributed by atoms with Gasteiger partial charge in [0.15, 0.2) is 9.84 Å². The Morgan fingerprint density at radius 3 is 2.53 bits per heavy atom. The number of halogens is 2. The lowest BCUT2D eigenvalue weighted by molar-refractivity contribution is 0.590. The predicted molar refractivity (Wildman–Crippen MR) is 75.8 cm³/mol. The molecule has 0 atom stereocenters. The number of anilines is 1. The van der Waals surface area contributed by atoms with Crippen molar-refractivity contribution in [2.45, 2.75) is 10.6 Å². The van der Waals surface area contributed by atoms with Gasteiger partial charge in [0.25, 0.3) is 0 Å². The number of nitrogen functional groups attached to an aromatic ring is 1. The van der Waals surface area contributed by atoms with Crippen molar-refractivity contribution in [2.24, 2.45) is 0 Å². The van der Waals surface area contributed by atoms with Crippen LogP contribution in [0.2, 0.25) is 0 Å². The van der Waals surface area contributed by atoms with E-state index >= 15 is 0 Å². The molecule has 0 aliphatic heterocycles. The molecule has 3 nitrogen and oxygen atoms in total. The largest absolute Gasteiger partial charge is 0.398 e. The van der Waals surface area contributed by atoms with Gasteiger partial charge < -0.3 is 5.73 Å². The van der Waals surface area contributed by atoms with Crippen molar-refractivity contribution >= 4 is 31.5 Å². The third-order valence-corrected chi connectivity index (χ3v) is 5.10. The third kappa shape index (κ3) is 3.13. The zero-order chi connectivity index (χ0) is 14.0. The monoisotopic (exact) mass is 343 g/mol. The van der Waals surface area contributed by atoms with Crippen LogP contribution in [0.4, 0.5) is 10.1 Å². The molecule has 0 heterocycles. The van der Waals surface area contributed by atoms with Crippen molar-refractivity contribution in [3.8, 4) is 0 Å². The molecule has 0 radical (unpaired) electrons. The standard InChI is InChI=1S/C13H11BrFNO2S/c14-11-4-2-1-3-9(11)8-19(17,18)13-7-10(15)5-6-12(13)16/h1-7H,8,16H2. The lowest BCUT2D eigenvalue weighted by atomic mass is 10.2. The number of hydrogen-bond donors (Lipinski definition) is 1. The summed E-state index contributed by atoms with van der Waals surface area (Å²) in [6, 6.07) is 10.3. The zero-order valence-corrected chi connectivity index (χ0v) is 12.2. The second-order valence-corrected chi connectivity index (χ2v) is 6.84. The molecular formula is C13H11BrFNO2S. The molecule has 2 N–H and O–H groups in total. The van der Waals surface area contributed by atoms with Gasteiger partial charge in [-0.05, 0) is 29.8 Å². The molecule has 0 fully saturated rings. The first kappa shape index (κ1) is 14.0. The van der Waals surface area contributed by atoms with Crippen LogP contribution in [0.15, 0.2) is 51.8 Å². The molecule has 19 heavy (non-hydrogen) atoms. The number of benzene rings is 2. The van der Waals surface area contributed by atoms with Crippen LogP contribution in [-0.2, 0) is 15.6 Å². The first-order valence-electron chi connectivity index (χ1n) is 5.41. The van der Waals surface area contributed by atoms with E-state index in [2.05, 4.69) is 15.9 Å². The van der Waals surface area contributed by atoms with Crippen molar-refractivity contribution in [1.82, 2.24) is 0 Å². The van der Waals surface area contributed by atoms with Gasteiger partial charge in [-0.25, -0.2) is 12.8 Å². The maximum atomic E-state index is 13.2. The zero-order valence-electron chi connectivity index (χ0n) is 9.81. The summed E-state index contributed by atoms with van der Waals surface area (Å²) in [4.78, 5) is -0.178. The molecule has 2 aromatic rings. The molecule has 6 heteroatoms. The summed E-state index contributed by atoms with van der Waals surface area (Å²) in [5, 5.41) is 0. The van der Waals surface area contributed by atoms with E-state index < -0.39 is 15.7 Å². The van der Waals surface area contributed by atoms with Crippen LogP contribution >= 0.6 is 15.9 Å².